The standard InChI is InChI=1S/C15H13BrFNO/c16-11-6-7-14(17)12(8-11)15(19)13(9-18)10-4-2-1-3-5-10/h1-8,13H,9,18H2. The zero-order valence-electron chi connectivity index (χ0n) is 10.1. The molecule has 0 heterocycles. The van der Waals surface area contributed by atoms with Gasteiger partial charge in [-0.1, -0.05) is 46.3 Å². The first-order valence-electron chi connectivity index (χ1n) is 5.87. The van der Waals surface area contributed by atoms with Crippen molar-refractivity contribution in [3.8, 4) is 0 Å². The Hall–Kier alpha value is -1.52. The summed E-state index contributed by atoms with van der Waals surface area (Å²) in [7, 11) is 0. The third kappa shape index (κ3) is 3.08. The average molecular weight is 322 g/mol. The molecule has 19 heavy (non-hydrogen) atoms. The highest BCUT2D eigenvalue weighted by Crippen LogP contribution is 2.24. The lowest BCUT2D eigenvalue weighted by Gasteiger charge is -2.14. The molecule has 2 N–H and O–H groups in total. The van der Waals surface area contributed by atoms with Crippen molar-refractivity contribution in [2.45, 2.75) is 5.92 Å². The van der Waals surface area contributed by atoms with E-state index in [0.29, 0.717) is 4.47 Å². The number of hydrogen-bond acceptors (Lipinski definition) is 2. The molecule has 0 amide bonds. The maximum Gasteiger partial charge on any atom is 0.174 e. The van der Waals surface area contributed by atoms with Crippen LogP contribution in [0.4, 0.5) is 4.39 Å². The Balaban J connectivity index is 2.39. The van der Waals surface area contributed by atoms with Gasteiger partial charge in [0.2, 0.25) is 0 Å². The van der Waals surface area contributed by atoms with Crippen molar-refractivity contribution in [1.82, 2.24) is 0 Å². The second kappa shape index (κ2) is 6.08. The zero-order chi connectivity index (χ0) is 13.8. The summed E-state index contributed by atoms with van der Waals surface area (Å²) in [5.74, 6) is -1.35. The van der Waals surface area contributed by atoms with Crippen molar-refractivity contribution in [3.63, 3.8) is 0 Å². The molecule has 0 bridgehead atoms. The van der Waals surface area contributed by atoms with Gasteiger partial charge in [0.1, 0.15) is 5.82 Å². The SMILES string of the molecule is NCC(C(=O)c1cc(Br)ccc1F)c1ccccc1. The molecule has 2 aromatic carbocycles. The third-order valence-electron chi connectivity index (χ3n) is 2.95. The molecule has 0 aliphatic rings. The van der Waals surface area contributed by atoms with E-state index in [4.69, 9.17) is 5.73 Å². The predicted molar refractivity (Wildman–Crippen MR) is 76.7 cm³/mol. The van der Waals surface area contributed by atoms with Crippen LogP contribution in [0.2, 0.25) is 0 Å². The van der Waals surface area contributed by atoms with Gasteiger partial charge in [-0.2, -0.15) is 0 Å². The molecule has 2 rings (SSSR count). The van der Waals surface area contributed by atoms with Gasteiger partial charge in [0.05, 0.1) is 11.5 Å². The summed E-state index contributed by atoms with van der Waals surface area (Å²) in [6.45, 7) is 0.148. The third-order valence-corrected chi connectivity index (χ3v) is 3.44. The monoisotopic (exact) mass is 321 g/mol. The van der Waals surface area contributed by atoms with E-state index in [1.165, 1.54) is 12.1 Å². The molecule has 0 aliphatic carbocycles. The van der Waals surface area contributed by atoms with Crippen molar-refractivity contribution in [2.75, 3.05) is 6.54 Å². The topological polar surface area (TPSA) is 43.1 Å². The van der Waals surface area contributed by atoms with Gasteiger partial charge in [-0.05, 0) is 23.8 Å². The van der Waals surface area contributed by atoms with Crippen LogP contribution in [-0.2, 0) is 0 Å². The molecule has 2 nitrogen and oxygen atoms in total. The molecule has 2 aromatic rings. The largest absolute Gasteiger partial charge is 0.329 e. The van der Waals surface area contributed by atoms with Gasteiger partial charge in [-0.15, -0.1) is 0 Å². The van der Waals surface area contributed by atoms with E-state index in [2.05, 4.69) is 15.9 Å². The number of ketones is 1. The highest BCUT2D eigenvalue weighted by atomic mass is 79.9. The van der Waals surface area contributed by atoms with E-state index in [-0.39, 0.29) is 17.9 Å². The smallest absolute Gasteiger partial charge is 0.174 e. The van der Waals surface area contributed by atoms with Crippen LogP contribution in [0.3, 0.4) is 0 Å². The Bertz CT molecular complexity index is 586. The maximum absolute atomic E-state index is 13.7. The van der Waals surface area contributed by atoms with Gasteiger partial charge in [0.15, 0.2) is 5.78 Å². The first-order valence-corrected chi connectivity index (χ1v) is 6.67. The molecule has 98 valence electrons. The lowest BCUT2D eigenvalue weighted by Crippen LogP contribution is -2.22. The molecule has 1 atom stereocenters. The molecular formula is C15H13BrFNO. The summed E-state index contributed by atoms with van der Waals surface area (Å²) in [5, 5.41) is 0. The summed E-state index contributed by atoms with van der Waals surface area (Å²) in [5.41, 5.74) is 6.54. The van der Waals surface area contributed by atoms with E-state index in [9.17, 15) is 9.18 Å². The Kier molecular flexibility index (Phi) is 4.45. The number of hydrogen-bond donors (Lipinski definition) is 1. The van der Waals surface area contributed by atoms with Crippen molar-refractivity contribution in [1.29, 1.82) is 0 Å². The van der Waals surface area contributed by atoms with E-state index in [1.807, 2.05) is 30.3 Å². The van der Waals surface area contributed by atoms with E-state index in [0.717, 1.165) is 5.56 Å². The highest BCUT2D eigenvalue weighted by molar-refractivity contribution is 9.10. The molecule has 0 radical (unpaired) electrons. The lowest BCUT2D eigenvalue weighted by molar-refractivity contribution is 0.0958. The van der Waals surface area contributed by atoms with Gasteiger partial charge < -0.3 is 5.73 Å². The van der Waals surface area contributed by atoms with Crippen LogP contribution in [0.15, 0.2) is 53.0 Å². The van der Waals surface area contributed by atoms with E-state index >= 15 is 0 Å². The number of benzene rings is 2. The molecule has 0 aromatic heterocycles. The summed E-state index contributed by atoms with van der Waals surface area (Å²) < 4.78 is 14.4. The van der Waals surface area contributed by atoms with Gasteiger partial charge in [0, 0.05) is 11.0 Å². The molecule has 0 saturated heterocycles. The highest BCUT2D eigenvalue weighted by Gasteiger charge is 2.23. The number of rotatable bonds is 4. The van der Waals surface area contributed by atoms with Gasteiger partial charge in [-0.3, -0.25) is 4.79 Å². The van der Waals surface area contributed by atoms with Crippen molar-refractivity contribution < 1.29 is 9.18 Å². The first kappa shape index (κ1) is 13.9. The molecule has 0 aliphatic heterocycles. The summed E-state index contributed by atoms with van der Waals surface area (Å²) >= 11 is 3.24. The van der Waals surface area contributed by atoms with Gasteiger partial charge in [-0.25, -0.2) is 4.39 Å². The average Bonchev–Trinajstić information content (AvgIpc) is 2.43. The fourth-order valence-corrected chi connectivity index (χ4v) is 2.31. The van der Waals surface area contributed by atoms with E-state index < -0.39 is 11.7 Å². The number of Topliss-reactive ketones (excluding diaryl/α,β-unsaturated/α-hetero) is 1. The molecule has 4 heteroatoms. The van der Waals surface area contributed by atoms with E-state index in [1.54, 1.807) is 6.07 Å². The number of carbonyl (C=O) groups is 1. The number of nitrogens with two attached hydrogens (primary N) is 1. The minimum absolute atomic E-state index is 0.0636. The van der Waals surface area contributed by atoms with Crippen LogP contribution in [0, 0.1) is 5.82 Å². The Morgan fingerprint density at radius 2 is 1.89 bits per heavy atom. The van der Waals surface area contributed by atoms with Gasteiger partial charge in [0.25, 0.3) is 0 Å². The fraction of sp³-hybridized carbons (Fsp3) is 0.133. The second-order valence-electron chi connectivity index (χ2n) is 4.19. The molecule has 0 spiro atoms. The minimum atomic E-state index is -0.525. The Morgan fingerprint density at radius 3 is 2.53 bits per heavy atom. The zero-order valence-corrected chi connectivity index (χ0v) is 11.7. The Morgan fingerprint density at radius 1 is 1.21 bits per heavy atom. The van der Waals surface area contributed by atoms with Crippen LogP contribution >= 0.6 is 15.9 Å². The molecule has 0 fully saturated rings. The molecule has 1 unspecified atom stereocenters. The number of carbonyl (C=O) groups excluding carboxylic acids is 1. The van der Waals surface area contributed by atoms with Crippen LogP contribution in [-0.4, -0.2) is 12.3 Å². The Labute approximate surface area is 119 Å². The fourth-order valence-electron chi connectivity index (χ4n) is 1.95. The normalized spacial score (nSPS) is 12.2. The lowest BCUT2D eigenvalue weighted by atomic mass is 9.90. The second-order valence-corrected chi connectivity index (χ2v) is 5.10. The quantitative estimate of drug-likeness (QED) is 0.876. The van der Waals surface area contributed by atoms with Crippen LogP contribution in [0.5, 0.6) is 0 Å². The van der Waals surface area contributed by atoms with Crippen molar-refractivity contribution >= 4 is 21.7 Å². The number of halogens is 2. The van der Waals surface area contributed by atoms with Gasteiger partial charge >= 0.3 is 0 Å². The first-order chi connectivity index (χ1) is 9.13. The maximum atomic E-state index is 13.7. The molecular weight excluding hydrogens is 309 g/mol. The summed E-state index contributed by atoms with van der Waals surface area (Å²) in [6, 6.07) is 13.5. The summed E-state index contributed by atoms with van der Waals surface area (Å²) in [6.07, 6.45) is 0. The van der Waals surface area contributed by atoms with Crippen LogP contribution < -0.4 is 5.73 Å². The van der Waals surface area contributed by atoms with Crippen molar-refractivity contribution in [3.05, 3.63) is 69.9 Å². The minimum Gasteiger partial charge on any atom is -0.329 e. The van der Waals surface area contributed by atoms with Crippen LogP contribution in [0.25, 0.3) is 0 Å². The predicted octanol–water partition coefficient (Wildman–Crippen LogP) is 3.51. The van der Waals surface area contributed by atoms with Crippen molar-refractivity contribution in [2.24, 2.45) is 5.73 Å². The van der Waals surface area contributed by atoms with Crippen LogP contribution in [0.1, 0.15) is 21.8 Å². The summed E-state index contributed by atoms with van der Waals surface area (Å²) in [4.78, 5) is 12.4. The molecule has 0 saturated carbocycles.